The highest BCUT2D eigenvalue weighted by molar-refractivity contribution is 6.35. The lowest BCUT2D eigenvalue weighted by Gasteiger charge is -2.14. The highest BCUT2D eigenvalue weighted by Crippen LogP contribution is 2.29. The fourth-order valence-corrected chi connectivity index (χ4v) is 3.67. The number of aromatic nitrogens is 1. The maximum Gasteiger partial charge on any atom is 0.279 e. The molecule has 0 radical (unpaired) electrons. The van der Waals surface area contributed by atoms with Crippen LogP contribution >= 0.6 is 23.2 Å². The molecule has 0 spiro atoms. The fraction of sp³-hybridized carbons (Fsp3) is 0.217. The second-order valence-electron chi connectivity index (χ2n) is 7.54. The van der Waals surface area contributed by atoms with E-state index in [1.54, 1.807) is 30.7 Å². The Morgan fingerprint density at radius 2 is 1.79 bits per heavy atom. The minimum Gasteiger partial charge on any atom is -0.486 e. The van der Waals surface area contributed by atoms with Crippen LogP contribution in [0.5, 0.6) is 5.75 Å². The van der Waals surface area contributed by atoms with Crippen molar-refractivity contribution in [3.63, 3.8) is 0 Å². The van der Waals surface area contributed by atoms with Gasteiger partial charge in [0.15, 0.2) is 5.75 Å². The van der Waals surface area contributed by atoms with Crippen molar-refractivity contribution >= 4 is 40.7 Å². The quantitative estimate of drug-likeness (QED) is 0.327. The van der Waals surface area contributed by atoms with Crippen molar-refractivity contribution in [2.24, 2.45) is 7.05 Å². The molecule has 0 fully saturated rings. The summed E-state index contributed by atoms with van der Waals surface area (Å²) in [5.74, 6) is -1.22. The Morgan fingerprint density at radius 3 is 2.39 bits per heavy atom. The van der Waals surface area contributed by atoms with Crippen LogP contribution in [0.25, 0.3) is 0 Å². The first-order valence-corrected chi connectivity index (χ1v) is 10.7. The van der Waals surface area contributed by atoms with E-state index in [0.717, 1.165) is 11.3 Å². The maximum atomic E-state index is 13.0. The Labute approximate surface area is 201 Å². The highest BCUT2D eigenvalue weighted by Gasteiger charge is 2.26. The van der Waals surface area contributed by atoms with Crippen molar-refractivity contribution in [2.45, 2.75) is 13.2 Å². The second-order valence-corrected chi connectivity index (χ2v) is 8.38. The third kappa shape index (κ3) is 5.78. The van der Waals surface area contributed by atoms with Crippen LogP contribution in [0, 0.1) is 0 Å². The van der Waals surface area contributed by atoms with Crippen LogP contribution in [0.3, 0.4) is 0 Å². The first-order valence-electron chi connectivity index (χ1n) is 9.96. The normalized spacial score (nSPS) is 10.6. The number of hydrogen-bond acceptors (Lipinski definition) is 5. The monoisotopic (exact) mass is 490 g/mol. The number of rotatable bonds is 8. The zero-order valence-electron chi connectivity index (χ0n) is 18.4. The van der Waals surface area contributed by atoms with Crippen LogP contribution in [-0.4, -0.2) is 35.7 Å². The molecular formula is C23H24Cl2N4O4. The summed E-state index contributed by atoms with van der Waals surface area (Å²) in [7, 11) is 5.51. The molecule has 1 heterocycles. The number of amides is 2. The number of anilines is 1. The van der Waals surface area contributed by atoms with Gasteiger partial charge in [-0.2, -0.15) is 0 Å². The van der Waals surface area contributed by atoms with Gasteiger partial charge < -0.3 is 19.5 Å². The first-order chi connectivity index (χ1) is 15.7. The molecular weight excluding hydrogens is 467 g/mol. The number of benzene rings is 2. The molecule has 0 aliphatic rings. The number of halogens is 2. The minimum absolute atomic E-state index is 0.00516. The number of ether oxygens (including phenoxy) is 1. The Bertz CT molecular complexity index is 1160. The largest absolute Gasteiger partial charge is 0.486 e. The van der Waals surface area contributed by atoms with Crippen molar-refractivity contribution < 1.29 is 19.5 Å². The fourth-order valence-electron chi connectivity index (χ4n) is 3.20. The van der Waals surface area contributed by atoms with E-state index in [0.29, 0.717) is 15.6 Å². The third-order valence-electron chi connectivity index (χ3n) is 4.99. The number of hydroxylamine groups is 1. The van der Waals surface area contributed by atoms with Crippen LogP contribution in [-0.2, 0) is 20.2 Å². The van der Waals surface area contributed by atoms with Crippen LogP contribution in [0.2, 0.25) is 10.0 Å². The van der Waals surface area contributed by atoms with Crippen molar-refractivity contribution in [3.8, 4) is 5.75 Å². The van der Waals surface area contributed by atoms with E-state index >= 15 is 0 Å². The summed E-state index contributed by atoms with van der Waals surface area (Å²) >= 11 is 12.1. The summed E-state index contributed by atoms with van der Waals surface area (Å²) < 4.78 is 7.31. The number of hydrogen-bond donors (Lipinski definition) is 3. The molecule has 2 amide bonds. The number of aryl methyl sites for hydroxylation is 1. The van der Waals surface area contributed by atoms with Gasteiger partial charge >= 0.3 is 0 Å². The third-order valence-corrected chi connectivity index (χ3v) is 5.58. The average Bonchev–Trinajstić information content (AvgIpc) is 3.12. The summed E-state index contributed by atoms with van der Waals surface area (Å²) in [5.41, 5.74) is 4.28. The van der Waals surface area contributed by atoms with E-state index < -0.39 is 11.8 Å². The van der Waals surface area contributed by atoms with Crippen molar-refractivity contribution in [2.75, 3.05) is 19.0 Å². The van der Waals surface area contributed by atoms with Crippen LogP contribution in [0.15, 0.2) is 48.7 Å². The summed E-state index contributed by atoms with van der Waals surface area (Å²) in [5, 5.41) is 12.8. The first kappa shape index (κ1) is 24.4. The summed E-state index contributed by atoms with van der Waals surface area (Å²) in [6.07, 6.45) is 1.41. The number of carbonyl (C=O) groups is 2. The highest BCUT2D eigenvalue weighted by atomic mass is 35.5. The van der Waals surface area contributed by atoms with Gasteiger partial charge in [0.1, 0.15) is 17.9 Å². The van der Waals surface area contributed by atoms with Crippen molar-refractivity contribution in [1.29, 1.82) is 0 Å². The van der Waals surface area contributed by atoms with Gasteiger partial charge in [-0.05, 0) is 29.8 Å². The van der Waals surface area contributed by atoms with Crippen LogP contribution < -0.4 is 20.4 Å². The minimum atomic E-state index is -0.805. The van der Waals surface area contributed by atoms with Gasteiger partial charge in [0, 0.05) is 55.2 Å². The SMILES string of the molecule is CN(C)c1ccc(CNC(=O)c2c(OCc3ccc(Cl)cc3Cl)c(C(=O)NO)cn2C)cc1. The van der Waals surface area contributed by atoms with Gasteiger partial charge in [0.2, 0.25) is 0 Å². The number of nitrogens with zero attached hydrogens (tertiary/aromatic N) is 2. The van der Waals surface area contributed by atoms with Gasteiger partial charge in [-0.15, -0.1) is 0 Å². The van der Waals surface area contributed by atoms with Gasteiger partial charge in [-0.1, -0.05) is 41.4 Å². The molecule has 3 aromatic rings. The summed E-state index contributed by atoms with van der Waals surface area (Å²) in [6.45, 7) is 0.264. The topological polar surface area (TPSA) is 95.8 Å². The van der Waals surface area contributed by atoms with E-state index in [4.69, 9.17) is 33.1 Å². The maximum absolute atomic E-state index is 13.0. The van der Waals surface area contributed by atoms with Crippen molar-refractivity contribution in [1.82, 2.24) is 15.4 Å². The Morgan fingerprint density at radius 1 is 1.09 bits per heavy atom. The lowest BCUT2D eigenvalue weighted by Crippen LogP contribution is -2.25. The molecule has 0 atom stereocenters. The van der Waals surface area contributed by atoms with E-state index in [1.807, 2.05) is 43.3 Å². The lowest BCUT2D eigenvalue weighted by molar-refractivity contribution is 0.0702. The molecule has 0 aliphatic heterocycles. The molecule has 3 N–H and O–H groups in total. The molecule has 2 aromatic carbocycles. The van der Waals surface area contributed by atoms with Crippen LogP contribution in [0.4, 0.5) is 5.69 Å². The molecule has 0 saturated heterocycles. The molecule has 0 saturated carbocycles. The second kappa shape index (κ2) is 10.6. The molecule has 0 bridgehead atoms. The van der Waals surface area contributed by atoms with Crippen molar-refractivity contribution in [3.05, 3.63) is 81.1 Å². The molecule has 8 nitrogen and oxygen atoms in total. The number of nitrogens with one attached hydrogen (secondary N) is 2. The predicted octanol–water partition coefficient (Wildman–Crippen LogP) is 4.03. The zero-order chi connectivity index (χ0) is 24.1. The van der Waals surface area contributed by atoms with Gasteiger partial charge in [-0.3, -0.25) is 14.8 Å². The molecule has 0 aliphatic carbocycles. The Hall–Kier alpha value is -3.20. The summed E-state index contributed by atoms with van der Waals surface area (Å²) in [6, 6.07) is 12.7. The smallest absolute Gasteiger partial charge is 0.279 e. The molecule has 0 unspecified atom stereocenters. The molecule has 33 heavy (non-hydrogen) atoms. The lowest BCUT2D eigenvalue weighted by atomic mass is 10.2. The van der Waals surface area contributed by atoms with Gasteiger partial charge in [-0.25, -0.2) is 5.48 Å². The van der Waals surface area contributed by atoms with Gasteiger partial charge in [0.05, 0.1) is 0 Å². The molecule has 3 rings (SSSR count). The predicted molar refractivity (Wildman–Crippen MR) is 127 cm³/mol. The summed E-state index contributed by atoms with van der Waals surface area (Å²) in [4.78, 5) is 27.2. The van der Waals surface area contributed by atoms with Crippen LogP contribution in [0.1, 0.15) is 32.0 Å². The van der Waals surface area contributed by atoms with E-state index in [1.165, 1.54) is 10.8 Å². The molecule has 10 heteroatoms. The Kier molecular flexibility index (Phi) is 7.86. The standard InChI is InChI=1S/C23H24Cl2N4O4/c1-28(2)17-8-4-14(5-9-17)11-26-23(31)20-21(18(12-29(20)3)22(30)27-32)33-13-15-6-7-16(24)10-19(15)25/h4-10,12,32H,11,13H2,1-3H3,(H,26,31)(H,27,30). The average molecular weight is 491 g/mol. The van der Waals surface area contributed by atoms with E-state index in [-0.39, 0.29) is 30.2 Å². The molecule has 1 aromatic heterocycles. The zero-order valence-corrected chi connectivity index (χ0v) is 19.9. The number of carbonyl (C=O) groups excluding carboxylic acids is 2. The Balaban J connectivity index is 1.83. The van der Waals surface area contributed by atoms with E-state index in [2.05, 4.69) is 5.32 Å². The van der Waals surface area contributed by atoms with E-state index in [9.17, 15) is 9.59 Å². The van der Waals surface area contributed by atoms with Gasteiger partial charge in [0.25, 0.3) is 11.8 Å². The molecule has 174 valence electrons.